The molecule has 0 aliphatic carbocycles. The molecule has 0 radical (unpaired) electrons. The van der Waals surface area contributed by atoms with Gasteiger partial charge in [-0.2, -0.15) is 15.4 Å². The van der Waals surface area contributed by atoms with Gasteiger partial charge in [0.15, 0.2) is 5.82 Å². The van der Waals surface area contributed by atoms with Crippen LogP contribution >= 0.6 is 7.75 Å². The molecule has 5 rings (SSSR count). The number of carbonyl (C=O) groups excluding carboxylic acids is 1. The standard InChI is InChI=1S/C31H35N6O7P/c1-21(2)42-30(39)25(17-22-9-5-3-6-10-22)36-45(40,44-23-11-7-4-8-12-23)41-19-24-18-28(38)31(43-24,15-16-32)27-14-13-26-29(33)34-20-35-37(26)27/h3-14,20-21,24-25,28,38H,15,17-19H2,1-2H3,(H,36,40)(H2,33,34,35)/t24-,25-,28+,31-,45?/m0/s1. The molecule has 3 heterocycles. The minimum atomic E-state index is -4.29. The smallest absolute Gasteiger partial charge is 0.459 e. The SMILES string of the molecule is CC(C)OC(=O)[C@H](Cc1ccccc1)NP(=O)(OC[C@@H]1C[C@@H](O)[C@](CC#N)(c2ccc3c(N)ncnn23)O1)Oc1ccccc1. The molecular weight excluding hydrogens is 599 g/mol. The molecule has 4 aromatic rings. The lowest BCUT2D eigenvalue weighted by Gasteiger charge is -2.30. The first-order valence-corrected chi connectivity index (χ1v) is 16.0. The van der Waals surface area contributed by atoms with Gasteiger partial charge in [-0.05, 0) is 50.1 Å². The van der Waals surface area contributed by atoms with Gasteiger partial charge >= 0.3 is 13.7 Å². The summed E-state index contributed by atoms with van der Waals surface area (Å²) >= 11 is 0. The lowest BCUT2D eigenvalue weighted by Crippen LogP contribution is -2.40. The number of rotatable bonds is 13. The van der Waals surface area contributed by atoms with E-state index in [0.29, 0.717) is 11.2 Å². The first-order valence-electron chi connectivity index (χ1n) is 14.5. The predicted molar refractivity (Wildman–Crippen MR) is 164 cm³/mol. The van der Waals surface area contributed by atoms with Crippen molar-refractivity contribution in [2.75, 3.05) is 12.3 Å². The fraction of sp³-hybridized carbons (Fsp3) is 0.355. The van der Waals surface area contributed by atoms with Gasteiger partial charge < -0.3 is 24.8 Å². The quantitative estimate of drug-likeness (QED) is 0.143. The molecule has 45 heavy (non-hydrogen) atoms. The van der Waals surface area contributed by atoms with E-state index in [1.807, 2.05) is 30.3 Å². The second-order valence-corrected chi connectivity index (χ2v) is 12.6. The van der Waals surface area contributed by atoms with E-state index in [0.717, 1.165) is 5.56 Å². The average Bonchev–Trinajstić information content (AvgIpc) is 3.59. The van der Waals surface area contributed by atoms with Crippen molar-refractivity contribution in [1.82, 2.24) is 19.7 Å². The number of nitrogens with one attached hydrogen (secondary N) is 1. The third-order valence-corrected chi connectivity index (χ3v) is 8.86. The Morgan fingerprint density at radius 2 is 1.91 bits per heavy atom. The molecule has 13 nitrogen and oxygen atoms in total. The molecule has 236 valence electrons. The molecule has 1 saturated heterocycles. The molecule has 4 N–H and O–H groups in total. The van der Waals surface area contributed by atoms with Crippen LogP contribution in [0, 0.1) is 11.3 Å². The largest absolute Gasteiger partial charge is 0.462 e. The summed E-state index contributed by atoms with van der Waals surface area (Å²) < 4.78 is 39.4. The number of aliphatic hydroxyl groups is 1. The number of nitrogens with two attached hydrogens (primary N) is 1. The Bertz CT molecular complexity index is 1700. The summed E-state index contributed by atoms with van der Waals surface area (Å²) in [6, 6.07) is 22.0. The number of hydrogen-bond donors (Lipinski definition) is 3. The highest BCUT2D eigenvalue weighted by atomic mass is 31.2. The predicted octanol–water partition coefficient (Wildman–Crippen LogP) is 3.93. The number of nitrogen functional groups attached to an aromatic ring is 1. The summed E-state index contributed by atoms with van der Waals surface area (Å²) in [6.45, 7) is 3.14. The molecule has 0 saturated carbocycles. The Morgan fingerprint density at radius 3 is 2.60 bits per heavy atom. The summed E-state index contributed by atoms with van der Waals surface area (Å²) in [7, 11) is -4.29. The van der Waals surface area contributed by atoms with E-state index in [2.05, 4.69) is 21.2 Å². The van der Waals surface area contributed by atoms with Crippen LogP contribution in [0.2, 0.25) is 0 Å². The van der Waals surface area contributed by atoms with Gasteiger partial charge in [-0.15, -0.1) is 0 Å². The lowest BCUT2D eigenvalue weighted by atomic mass is 9.89. The zero-order valence-electron chi connectivity index (χ0n) is 24.9. The van der Waals surface area contributed by atoms with Gasteiger partial charge in [0.05, 0.1) is 43.1 Å². The summed E-state index contributed by atoms with van der Waals surface area (Å²) in [5, 5.41) is 28.0. The monoisotopic (exact) mass is 634 g/mol. The normalized spacial score (nSPS) is 21.7. The Hall–Kier alpha value is -4.31. The van der Waals surface area contributed by atoms with Crippen molar-refractivity contribution >= 4 is 25.1 Å². The molecule has 0 amide bonds. The van der Waals surface area contributed by atoms with Gasteiger partial charge in [-0.1, -0.05) is 48.5 Å². The maximum Gasteiger partial charge on any atom is 0.459 e. The third kappa shape index (κ3) is 7.33. The molecule has 1 aliphatic heterocycles. The van der Waals surface area contributed by atoms with Crippen LogP contribution in [0.25, 0.3) is 5.52 Å². The Morgan fingerprint density at radius 1 is 1.20 bits per heavy atom. The summed E-state index contributed by atoms with van der Waals surface area (Å²) in [5.41, 5.74) is 6.21. The van der Waals surface area contributed by atoms with Crippen molar-refractivity contribution < 1.29 is 33.0 Å². The van der Waals surface area contributed by atoms with Crippen LogP contribution in [0.5, 0.6) is 5.75 Å². The van der Waals surface area contributed by atoms with Crippen LogP contribution in [-0.4, -0.2) is 56.6 Å². The van der Waals surface area contributed by atoms with Crippen LogP contribution in [0.15, 0.2) is 79.1 Å². The van der Waals surface area contributed by atoms with Gasteiger partial charge in [0, 0.05) is 6.42 Å². The molecule has 5 atom stereocenters. The van der Waals surface area contributed by atoms with Crippen molar-refractivity contribution in [3.05, 3.63) is 90.4 Å². The van der Waals surface area contributed by atoms with E-state index in [1.54, 1.807) is 56.3 Å². The number of hydrogen-bond acceptors (Lipinski definition) is 11. The van der Waals surface area contributed by atoms with Crippen LogP contribution in [-0.2, 0) is 35.4 Å². The van der Waals surface area contributed by atoms with Gasteiger partial charge in [-0.25, -0.2) is 14.1 Å². The maximum atomic E-state index is 14.4. The molecule has 1 aliphatic rings. The molecule has 2 aromatic heterocycles. The Balaban J connectivity index is 1.40. The fourth-order valence-electron chi connectivity index (χ4n) is 5.27. The van der Waals surface area contributed by atoms with E-state index in [9.17, 15) is 19.7 Å². The Kier molecular flexibility index (Phi) is 9.82. The summed E-state index contributed by atoms with van der Waals surface area (Å²) in [5.74, 6) is -0.162. The number of esters is 1. The number of carbonyl (C=O) groups is 1. The summed E-state index contributed by atoms with van der Waals surface area (Å²) in [4.78, 5) is 17.2. The number of para-hydroxylation sites is 1. The van der Waals surface area contributed by atoms with Crippen LogP contribution in [0.4, 0.5) is 5.82 Å². The number of nitrogens with zero attached hydrogens (tertiary/aromatic N) is 4. The summed E-state index contributed by atoms with van der Waals surface area (Å²) in [6.07, 6.45) is -1.13. The zero-order chi connectivity index (χ0) is 32.0. The topological polar surface area (TPSA) is 183 Å². The van der Waals surface area contributed by atoms with Gasteiger partial charge in [0.1, 0.15) is 29.2 Å². The van der Waals surface area contributed by atoms with Crippen LogP contribution in [0.3, 0.4) is 0 Å². The molecule has 2 aromatic carbocycles. The zero-order valence-corrected chi connectivity index (χ0v) is 25.7. The second-order valence-electron chi connectivity index (χ2n) is 10.9. The highest BCUT2D eigenvalue weighted by Gasteiger charge is 2.52. The van der Waals surface area contributed by atoms with Gasteiger partial charge in [0.25, 0.3) is 0 Å². The van der Waals surface area contributed by atoms with E-state index in [-0.39, 0.29) is 37.4 Å². The van der Waals surface area contributed by atoms with Crippen molar-refractivity contribution in [2.24, 2.45) is 0 Å². The minimum absolute atomic E-state index is 0.0453. The number of fused-ring (bicyclic) bond motifs is 1. The van der Waals surface area contributed by atoms with E-state index in [4.69, 9.17) is 24.3 Å². The van der Waals surface area contributed by atoms with Crippen LogP contribution < -0.4 is 15.3 Å². The highest BCUT2D eigenvalue weighted by Crippen LogP contribution is 2.48. The molecular formula is C31H35N6O7P. The average molecular weight is 635 g/mol. The van der Waals surface area contributed by atoms with Crippen molar-refractivity contribution in [3.8, 4) is 11.8 Å². The highest BCUT2D eigenvalue weighted by molar-refractivity contribution is 7.52. The second kappa shape index (κ2) is 13.8. The molecule has 0 spiro atoms. The molecule has 1 unspecified atom stereocenters. The van der Waals surface area contributed by atoms with Gasteiger partial charge in [0.2, 0.25) is 0 Å². The lowest BCUT2D eigenvalue weighted by molar-refractivity contribution is -0.149. The first-order chi connectivity index (χ1) is 21.6. The first kappa shape index (κ1) is 32.1. The van der Waals surface area contributed by atoms with Crippen molar-refractivity contribution in [3.63, 3.8) is 0 Å². The number of benzene rings is 2. The van der Waals surface area contributed by atoms with E-state index in [1.165, 1.54) is 10.8 Å². The number of nitriles is 1. The fourth-order valence-corrected chi connectivity index (χ4v) is 6.79. The molecule has 14 heteroatoms. The number of aliphatic hydroxyl groups excluding tert-OH is 1. The number of ether oxygens (including phenoxy) is 2. The molecule has 0 bridgehead atoms. The number of anilines is 1. The molecule has 1 fully saturated rings. The van der Waals surface area contributed by atoms with Crippen molar-refractivity contribution in [2.45, 2.75) is 63.1 Å². The Labute approximate surface area is 260 Å². The minimum Gasteiger partial charge on any atom is -0.462 e. The van der Waals surface area contributed by atoms with Crippen LogP contribution in [0.1, 0.15) is 37.9 Å². The van der Waals surface area contributed by atoms with E-state index < -0.39 is 43.7 Å². The third-order valence-electron chi connectivity index (χ3n) is 7.29. The van der Waals surface area contributed by atoms with E-state index >= 15 is 0 Å². The van der Waals surface area contributed by atoms with Crippen molar-refractivity contribution in [1.29, 1.82) is 5.26 Å². The number of aromatic nitrogens is 3. The van der Waals surface area contributed by atoms with Gasteiger partial charge in [-0.3, -0.25) is 9.32 Å². The maximum absolute atomic E-state index is 14.4.